The maximum Gasteiger partial charge on any atom is 0.330 e. The van der Waals surface area contributed by atoms with Crippen LogP contribution in [-0.4, -0.2) is 12.6 Å². The van der Waals surface area contributed by atoms with E-state index in [-0.39, 0.29) is 5.97 Å². The summed E-state index contributed by atoms with van der Waals surface area (Å²) >= 11 is 0. The topological polar surface area (TPSA) is 26.3 Å². The standard InChI is InChI=1S/C12H20O2/c1-3-5-6-7-8-9-10-11-12(13)14-4-2/h6-7,10-11H,3-5,8-9H2,1-2H3. The number of hydrogen-bond donors (Lipinski definition) is 0. The minimum atomic E-state index is -0.245. The summed E-state index contributed by atoms with van der Waals surface area (Å²) in [5, 5.41) is 0. The van der Waals surface area contributed by atoms with Crippen LogP contribution < -0.4 is 0 Å². The Labute approximate surface area is 86.6 Å². The summed E-state index contributed by atoms with van der Waals surface area (Å²) in [4.78, 5) is 10.9. The zero-order chi connectivity index (χ0) is 10.6. The highest BCUT2D eigenvalue weighted by Gasteiger charge is 1.90. The van der Waals surface area contributed by atoms with E-state index in [0.717, 1.165) is 19.3 Å². The molecule has 0 N–H and O–H groups in total. The minimum Gasteiger partial charge on any atom is -0.463 e. The van der Waals surface area contributed by atoms with Crippen molar-refractivity contribution in [1.82, 2.24) is 0 Å². The molecule has 0 radical (unpaired) electrons. The fraction of sp³-hybridized carbons (Fsp3) is 0.583. The van der Waals surface area contributed by atoms with Crippen LogP contribution in [0.1, 0.15) is 39.5 Å². The largest absolute Gasteiger partial charge is 0.463 e. The summed E-state index contributed by atoms with van der Waals surface area (Å²) in [6, 6.07) is 0. The maximum atomic E-state index is 10.9. The lowest BCUT2D eigenvalue weighted by Gasteiger charge is -1.93. The van der Waals surface area contributed by atoms with E-state index in [1.54, 1.807) is 6.92 Å². The van der Waals surface area contributed by atoms with Crippen LogP contribution in [0.4, 0.5) is 0 Å². The number of allylic oxidation sites excluding steroid dienone is 3. The van der Waals surface area contributed by atoms with Crippen molar-refractivity contribution in [2.45, 2.75) is 39.5 Å². The Bertz CT molecular complexity index is 192. The third-order valence-electron chi connectivity index (χ3n) is 1.66. The average Bonchev–Trinajstić information content (AvgIpc) is 2.17. The van der Waals surface area contributed by atoms with Gasteiger partial charge in [-0.25, -0.2) is 4.79 Å². The van der Waals surface area contributed by atoms with E-state index in [2.05, 4.69) is 19.1 Å². The second-order valence-electron chi connectivity index (χ2n) is 2.99. The molecule has 0 unspecified atom stereocenters. The fourth-order valence-electron chi connectivity index (χ4n) is 0.965. The molecule has 0 aliphatic carbocycles. The lowest BCUT2D eigenvalue weighted by molar-refractivity contribution is -0.137. The third-order valence-corrected chi connectivity index (χ3v) is 1.66. The Balaban J connectivity index is 3.39. The molecule has 0 amide bonds. The average molecular weight is 196 g/mol. The van der Waals surface area contributed by atoms with E-state index in [9.17, 15) is 4.79 Å². The van der Waals surface area contributed by atoms with Gasteiger partial charge in [0, 0.05) is 6.08 Å². The number of carbonyl (C=O) groups is 1. The Morgan fingerprint density at radius 3 is 2.36 bits per heavy atom. The first kappa shape index (κ1) is 12.9. The van der Waals surface area contributed by atoms with Gasteiger partial charge in [0.25, 0.3) is 0 Å². The van der Waals surface area contributed by atoms with Gasteiger partial charge in [0.05, 0.1) is 6.61 Å². The van der Waals surface area contributed by atoms with Gasteiger partial charge in [-0.05, 0) is 26.2 Å². The highest BCUT2D eigenvalue weighted by Crippen LogP contribution is 1.96. The molecule has 14 heavy (non-hydrogen) atoms. The smallest absolute Gasteiger partial charge is 0.330 e. The second kappa shape index (κ2) is 10.0. The molecular weight excluding hydrogens is 176 g/mol. The van der Waals surface area contributed by atoms with Crippen LogP contribution in [0, 0.1) is 0 Å². The lowest BCUT2D eigenvalue weighted by Crippen LogP contribution is -1.98. The van der Waals surface area contributed by atoms with Gasteiger partial charge in [0.1, 0.15) is 0 Å². The first-order chi connectivity index (χ1) is 6.81. The van der Waals surface area contributed by atoms with Crippen molar-refractivity contribution in [3.8, 4) is 0 Å². The van der Waals surface area contributed by atoms with Crippen LogP contribution in [-0.2, 0) is 9.53 Å². The highest BCUT2D eigenvalue weighted by molar-refractivity contribution is 5.81. The van der Waals surface area contributed by atoms with E-state index in [4.69, 9.17) is 4.74 Å². The molecule has 0 aromatic carbocycles. The van der Waals surface area contributed by atoms with Gasteiger partial charge in [-0.2, -0.15) is 0 Å². The summed E-state index contributed by atoms with van der Waals surface area (Å²) in [7, 11) is 0. The van der Waals surface area contributed by atoms with Crippen LogP contribution in [0.2, 0.25) is 0 Å². The molecule has 2 nitrogen and oxygen atoms in total. The van der Waals surface area contributed by atoms with E-state index < -0.39 is 0 Å². The van der Waals surface area contributed by atoms with Crippen molar-refractivity contribution >= 4 is 5.97 Å². The molecule has 0 bridgehead atoms. The Morgan fingerprint density at radius 1 is 1.07 bits per heavy atom. The minimum absolute atomic E-state index is 0.245. The molecule has 0 aromatic heterocycles. The molecule has 0 aliphatic heterocycles. The molecule has 0 aliphatic rings. The first-order valence-corrected chi connectivity index (χ1v) is 5.29. The van der Waals surface area contributed by atoms with Crippen molar-refractivity contribution in [1.29, 1.82) is 0 Å². The first-order valence-electron chi connectivity index (χ1n) is 5.29. The van der Waals surface area contributed by atoms with Gasteiger partial charge >= 0.3 is 5.97 Å². The van der Waals surface area contributed by atoms with Gasteiger partial charge in [0.2, 0.25) is 0 Å². The zero-order valence-electron chi connectivity index (χ0n) is 9.16. The molecule has 0 fully saturated rings. The van der Waals surface area contributed by atoms with Crippen molar-refractivity contribution in [3.63, 3.8) is 0 Å². The molecule has 0 spiro atoms. The van der Waals surface area contributed by atoms with Gasteiger partial charge in [-0.3, -0.25) is 0 Å². The number of hydrogen-bond acceptors (Lipinski definition) is 2. The molecular formula is C12H20O2. The molecule has 0 aromatic rings. The summed E-state index contributed by atoms with van der Waals surface area (Å²) < 4.78 is 4.74. The number of carbonyl (C=O) groups excluding carboxylic acids is 1. The molecule has 0 heterocycles. The Kier molecular flexibility index (Phi) is 9.28. The number of esters is 1. The number of rotatable bonds is 7. The van der Waals surface area contributed by atoms with Crippen LogP contribution in [0.3, 0.4) is 0 Å². The summed E-state index contributed by atoms with van der Waals surface area (Å²) in [5.74, 6) is -0.245. The fourth-order valence-corrected chi connectivity index (χ4v) is 0.965. The van der Waals surface area contributed by atoms with Crippen LogP contribution in [0.15, 0.2) is 24.3 Å². The molecule has 2 heteroatoms. The van der Waals surface area contributed by atoms with Crippen molar-refractivity contribution < 1.29 is 9.53 Å². The Morgan fingerprint density at radius 2 is 1.71 bits per heavy atom. The van der Waals surface area contributed by atoms with Gasteiger partial charge in [0.15, 0.2) is 0 Å². The molecule has 0 saturated heterocycles. The van der Waals surface area contributed by atoms with Crippen LogP contribution >= 0.6 is 0 Å². The predicted octanol–water partition coefficient (Wildman–Crippen LogP) is 3.24. The maximum absolute atomic E-state index is 10.9. The molecule has 0 saturated carbocycles. The molecule has 0 rings (SSSR count). The number of unbranched alkanes of at least 4 members (excludes halogenated alkanes) is 2. The van der Waals surface area contributed by atoms with Gasteiger partial charge in [-0.1, -0.05) is 31.6 Å². The SMILES string of the molecule is CCCC=CCCC=CC(=O)OCC. The van der Waals surface area contributed by atoms with Crippen molar-refractivity contribution in [2.75, 3.05) is 6.61 Å². The summed E-state index contributed by atoms with van der Waals surface area (Å²) in [6.07, 6.45) is 11.9. The monoisotopic (exact) mass is 196 g/mol. The normalized spacial score (nSPS) is 11.3. The van der Waals surface area contributed by atoms with Gasteiger partial charge < -0.3 is 4.74 Å². The lowest BCUT2D eigenvalue weighted by atomic mass is 10.2. The quantitative estimate of drug-likeness (QED) is 0.270. The second-order valence-corrected chi connectivity index (χ2v) is 2.99. The summed E-state index contributed by atoms with van der Waals surface area (Å²) in [5.41, 5.74) is 0. The predicted molar refractivity (Wildman–Crippen MR) is 59.1 cm³/mol. The Hall–Kier alpha value is -1.05. The highest BCUT2D eigenvalue weighted by atomic mass is 16.5. The zero-order valence-corrected chi connectivity index (χ0v) is 9.16. The molecule has 0 atom stereocenters. The molecule has 80 valence electrons. The number of ether oxygens (including phenoxy) is 1. The van der Waals surface area contributed by atoms with Crippen LogP contribution in [0.25, 0.3) is 0 Å². The van der Waals surface area contributed by atoms with E-state index in [1.165, 1.54) is 12.5 Å². The van der Waals surface area contributed by atoms with Gasteiger partial charge in [-0.15, -0.1) is 0 Å². The van der Waals surface area contributed by atoms with E-state index in [0.29, 0.717) is 6.61 Å². The van der Waals surface area contributed by atoms with Crippen molar-refractivity contribution in [3.05, 3.63) is 24.3 Å². The van der Waals surface area contributed by atoms with Crippen molar-refractivity contribution in [2.24, 2.45) is 0 Å². The van der Waals surface area contributed by atoms with E-state index in [1.807, 2.05) is 6.08 Å². The summed E-state index contributed by atoms with van der Waals surface area (Å²) in [6.45, 7) is 4.41. The van der Waals surface area contributed by atoms with E-state index >= 15 is 0 Å². The third kappa shape index (κ3) is 9.04. The van der Waals surface area contributed by atoms with Crippen LogP contribution in [0.5, 0.6) is 0 Å².